The van der Waals surface area contributed by atoms with E-state index in [1.807, 2.05) is 16.9 Å². The SMILES string of the molecule is CC(C)(C)n1nnnc1[C@@H](c1cccnc1)N1CCN(c2ccccc2)CC1. The lowest BCUT2D eigenvalue weighted by Crippen LogP contribution is -2.48. The summed E-state index contributed by atoms with van der Waals surface area (Å²) >= 11 is 0. The first-order valence-electron chi connectivity index (χ1n) is 9.77. The number of aromatic nitrogens is 5. The Morgan fingerprint density at radius 2 is 1.68 bits per heavy atom. The average Bonchev–Trinajstić information content (AvgIpc) is 3.20. The minimum Gasteiger partial charge on any atom is -0.369 e. The lowest BCUT2D eigenvalue weighted by Gasteiger charge is -2.40. The van der Waals surface area contributed by atoms with Gasteiger partial charge in [0.05, 0.1) is 11.6 Å². The molecule has 0 radical (unpaired) electrons. The molecule has 0 N–H and O–H groups in total. The molecule has 0 aliphatic carbocycles. The zero-order chi connectivity index (χ0) is 19.6. The van der Waals surface area contributed by atoms with E-state index in [1.54, 1.807) is 6.20 Å². The second-order valence-corrected chi connectivity index (χ2v) is 8.17. The molecule has 4 rings (SSSR count). The maximum Gasteiger partial charge on any atom is 0.173 e. The van der Waals surface area contributed by atoms with Crippen LogP contribution in [0.4, 0.5) is 5.69 Å². The third-order valence-electron chi connectivity index (χ3n) is 5.17. The molecule has 0 amide bonds. The summed E-state index contributed by atoms with van der Waals surface area (Å²) in [7, 11) is 0. The Labute approximate surface area is 166 Å². The fourth-order valence-corrected chi connectivity index (χ4v) is 3.78. The smallest absolute Gasteiger partial charge is 0.173 e. The minimum absolute atomic E-state index is 0.0131. The van der Waals surface area contributed by atoms with Gasteiger partial charge in [0, 0.05) is 44.3 Å². The van der Waals surface area contributed by atoms with Crippen molar-refractivity contribution in [3.05, 3.63) is 66.2 Å². The van der Waals surface area contributed by atoms with Gasteiger partial charge in [0.2, 0.25) is 0 Å². The van der Waals surface area contributed by atoms with Crippen LogP contribution in [-0.4, -0.2) is 56.3 Å². The highest BCUT2D eigenvalue weighted by Gasteiger charge is 2.33. The van der Waals surface area contributed by atoms with Gasteiger partial charge in [0.15, 0.2) is 5.82 Å². The van der Waals surface area contributed by atoms with Gasteiger partial charge < -0.3 is 4.90 Å². The quantitative estimate of drug-likeness (QED) is 0.697. The third kappa shape index (κ3) is 3.75. The largest absolute Gasteiger partial charge is 0.369 e. The van der Waals surface area contributed by atoms with Gasteiger partial charge in [0.1, 0.15) is 0 Å². The van der Waals surface area contributed by atoms with Gasteiger partial charge in [-0.2, -0.15) is 0 Å². The fourth-order valence-electron chi connectivity index (χ4n) is 3.78. The molecule has 7 nitrogen and oxygen atoms in total. The molecular formula is C21H27N7. The molecule has 3 aromatic rings. The summed E-state index contributed by atoms with van der Waals surface area (Å²) in [6, 6.07) is 14.7. The molecule has 146 valence electrons. The minimum atomic E-state index is -0.189. The van der Waals surface area contributed by atoms with Gasteiger partial charge in [-0.3, -0.25) is 9.88 Å². The van der Waals surface area contributed by atoms with Crippen LogP contribution in [0.2, 0.25) is 0 Å². The van der Waals surface area contributed by atoms with Crippen LogP contribution in [0.1, 0.15) is 38.2 Å². The van der Waals surface area contributed by atoms with E-state index in [0.29, 0.717) is 0 Å². The molecule has 0 unspecified atom stereocenters. The van der Waals surface area contributed by atoms with Crippen LogP contribution in [-0.2, 0) is 5.54 Å². The van der Waals surface area contributed by atoms with Crippen LogP contribution in [0.5, 0.6) is 0 Å². The van der Waals surface area contributed by atoms with Gasteiger partial charge in [-0.05, 0) is 55.0 Å². The Morgan fingerprint density at radius 3 is 2.32 bits per heavy atom. The van der Waals surface area contributed by atoms with E-state index in [1.165, 1.54) is 5.69 Å². The van der Waals surface area contributed by atoms with Crippen LogP contribution in [0, 0.1) is 0 Å². The molecule has 0 spiro atoms. The highest BCUT2D eigenvalue weighted by atomic mass is 15.6. The lowest BCUT2D eigenvalue weighted by atomic mass is 10.0. The molecule has 1 aromatic carbocycles. The summed E-state index contributed by atoms with van der Waals surface area (Å²) in [6.45, 7) is 10.2. The molecular weight excluding hydrogens is 350 g/mol. The van der Waals surface area contributed by atoms with Crippen molar-refractivity contribution in [1.82, 2.24) is 30.1 Å². The van der Waals surface area contributed by atoms with Crippen LogP contribution in [0.25, 0.3) is 0 Å². The monoisotopic (exact) mass is 377 g/mol. The molecule has 1 fully saturated rings. The Balaban J connectivity index is 1.62. The Kier molecular flexibility index (Phi) is 5.09. The van der Waals surface area contributed by atoms with Crippen LogP contribution in [0.15, 0.2) is 54.9 Å². The second kappa shape index (κ2) is 7.67. The molecule has 7 heteroatoms. The summed E-state index contributed by atoms with van der Waals surface area (Å²) < 4.78 is 1.94. The van der Waals surface area contributed by atoms with Gasteiger partial charge in [-0.25, -0.2) is 4.68 Å². The van der Waals surface area contributed by atoms with Crippen LogP contribution >= 0.6 is 0 Å². The van der Waals surface area contributed by atoms with Crippen molar-refractivity contribution in [2.24, 2.45) is 0 Å². The van der Waals surface area contributed by atoms with E-state index in [9.17, 15) is 0 Å². The predicted molar refractivity (Wildman–Crippen MR) is 109 cm³/mol. The van der Waals surface area contributed by atoms with Crippen LogP contribution in [0.3, 0.4) is 0 Å². The van der Waals surface area contributed by atoms with Crippen molar-refractivity contribution in [3.63, 3.8) is 0 Å². The summed E-state index contributed by atoms with van der Waals surface area (Å²) in [5.74, 6) is 0.869. The zero-order valence-electron chi connectivity index (χ0n) is 16.7. The molecule has 28 heavy (non-hydrogen) atoms. The number of rotatable bonds is 4. The van der Waals surface area contributed by atoms with E-state index in [2.05, 4.69) is 87.5 Å². The van der Waals surface area contributed by atoms with Gasteiger partial charge in [0.25, 0.3) is 0 Å². The van der Waals surface area contributed by atoms with Gasteiger partial charge in [-0.1, -0.05) is 24.3 Å². The first-order chi connectivity index (χ1) is 13.5. The predicted octanol–water partition coefficient (Wildman–Crippen LogP) is 2.73. The van der Waals surface area contributed by atoms with Crippen molar-refractivity contribution in [3.8, 4) is 0 Å². The maximum atomic E-state index is 4.43. The Bertz CT molecular complexity index is 878. The van der Waals surface area contributed by atoms with Crippen LogP contribution < -0.4 is 4.90 Å². The first-order valence-corrected chi connectivity index (χ1v) is 9.77. The highest BCUT2D eigenvalue weighted by Crippen LogP contribution is 2.30. The van der Waals surface area contributed by atoms with E-state index in [0.717, 1.165) is 37.6 Å². The number of anilines is 1. The Morgan fingerprint density at radius 1 is 0.929 bits per heavy atom. The van der Waals surface area contributed by atoms with Crippen molar-refractivity contribution in [2.75, 3.05) is 31.1 Å². The standard InChI is InChI=1S/C21H27N7/c1-21(2,3)28-20(23-24-25-28)19(17-8-7-11-22-16-17)27-14-12-26(13-15-27)18-9-5-4-6-10-18/h4-11,16,19H,12-15H2,1-3H3/t19-/m1/s1. The molecule has 1 atom stereocenters. The third-order valence-corrected chi connectivity index (χ3v) is 5.17. The number of tetrazole rings is 1. The zero-order valence-corrected chi connectivity index (χ0v) is 16.7. The number of hydrogen-bond acceptors (Lipinski definition) is 6. The molecule has 2 aromatic heterocycles. The summed E-state index contributed by atoms with van der Waals surface area (Å²) in [5.41, 5.74) is 2.21. The summed E-state index contributed by atoms with van der Waals surface area (Å²) in [5, 5.41) is 12.7. The summed E-state index contributed by atoms with van der Waals surface area (Å²) in [6.07, 6.45) is 3.73. The van der Waals surface area contributed by atoms with E-state index >= 15 is 0 Å². The normalized spacial score (nSPS) is 16.9. The van der Waals surface area contributed by atoms with Crippen molar-refractivity contribution in [1.29, 1.82) is 0 Å². The number of pyridine rings is 1. The fraction of sp³-hybridized carbons (Fsp3) is 0.429. The second-order valence-electron chi connectivity index (χ2n) is 8.17. The topological polar surface area (TPSA) is 63.0 Å². The van der Waals surface area contributed by atoms with E-state index in [4.69, 9.17) is 0 Å². The molecule has 1 aliphatic heterocycles. The molecule has 0 saturated carbocycles. The highest BCUT2D eigenvalue weighted by molar-refractivity contribution is 5.46. The summed E-state index contributed by atoms with van der Waals surface area (Å²) in [4.78, 5) is 9.25. The first kappa shape index (κ1) is 18.6. The van der Waals surface area contributed by atoms with E-state index in [-0.39, 0.29) is 11.6 Å². The Hall–Kier alpha value is -2.80. The number of benzene rings is 1. The van der Waals surface area contributed by atoms with Crippen molar-refractivity contribution in [2.45, 2.75) is 32.4 Å². The molecule has 1 aliphatic rings. The van der Waals surface area contributed by atoms with Crippen molar-refractivity contribution >= 4 is 5.69 Å². The average molecular weight is 377 g/mol. The number of piperazine rings is 1. The van der Waals surface area contributed by atoms with Gasteiger partial charge in [-0.15, -0.1) is 5.10 Å². The van der Waals surface area contributed by atoms with E-state index < -0.39 is 0 Å². The number of para-hydroxylation sites is 1. The van der Waals surface area contributed by atoms with Gasteiger partial charge >= 0.3 is 0 Å². The molecule has 0 bridgehead atoms. The molecule has 3 heterocycles. The molecule has 1 saturated heterocycles. The maximum absolute atomic E-state index is 4.43. The van der Waals surface area contributed by atoms with Crippen molar-refractivity contribution < 1.29 is 0 Å². The number of hydrogen-bond donors (Lipinski definition) is 0. The number of nitrogens with zero attached hydrogens (tertiary/aromatic N) is 7. The lowest BCUT2D eigenvalue weighted by molar-refractivity contribution is 0.191.